The second-order valence-electron chi connectivity index (χ2n) is 5.47. The number of likely N-dealkylation sites (tertiary alicyclic amines) is 1. The molecule has 1 aliphatic rings. The van der Waals surface area contributed by atoms with Crippen molar-refractivity contribution in [2.24, 2.45) is 7.05 Å². The largest absolute Gasteiger partial charge is 0.331 e. The lowest BCUT2D eigenvalue weighted by molar-refractivity contribution is 0.0739. The summed E-state index contributed by atoms with van der Waals surface area (Å²) in [6, 6.07) is -0.0134. The van der Waals surface area contributed by atoms with Crippen LogP contribution in [0, 0.1) is 6.92 Å². The lowest BCUT2D eigenvalue weighted by Crippen LogP contribution is -2.31. The second-order valence-corrected chi connectivity index (χ2v) is 6.58. The Morgan fingerprint density at radius 2 is 2.27 bits per heavy atom. The Hall–Kier alpha value is -1.47. The van der Waals surface area contributed by atoms with Gasteiger partial charge in [-0.15, -0.1) is 5.10 Å². The molecule has 1 fully saturated rings. The predicted octanol–water partition coefficient (Wildman–Crippen LogP) is 2.77. The van der Waals surface area contributed by atoms with Crippen LogP contribution in [-0.4, -0.2) is 36.7 Å². The summed E-state index contributed by atoms with van der Waals surface area (Å²) in [7, 11) is 1.82. The fourth-order valence-electron chi connectivity index (χ4n) is 3.07. The van der Waals surface area contributed by atoms with Gasteiger partial charge in [-0.05, 0) is 37.7 Å². The maximum absolute atomic E-state index is 12.9. The Bertz CT molecular complexity index is 710. The summed E-state index contributed by atoms with van der Waals surface area (Å²) >= 11 is 7.56. The third-order valence-corrected chi connectivity index (χ3v) is 5.33. The van der Waals surface area contributed by atoms with Crippen LogP contribution in [0.25, 0.3) is 0 Å². The molecule has 118 valence electrons. The summed E-state index contributed by atoms with van der Waals surface area (Å²) in [6.45, 7) is 4.65. The van der Waals surface area contributed by atoms with Crippen LogP contribution in [0.3, 0.4) is 0 Å². The van der Waals surface area contributed by atoms with Crippen molar-refractivity contribution < 1.29 is 4.79 Å². The van der Waals surface area contributed by atoms with Gasteiger partial charge in [-0.25, -0.2) is 0 Å². The fraction of sp³-hybridized carbons (Fsp3) is 0.571. The Kier molecular flexibility index (Phi) is 4.18. The van der Waals surface area contributed by atoms with Crippen molar-refractivity contribution in [2.75, 3.05) is 6.54 Å². The normalized spacial score (nSPS) is 18.2. The predicted molar refractivity (Wildman–Crippen MR) is 85.3 cm³/mol. The highest BCUT2D eigenvalue weighted by molar-refractivity contribution is 7.08. The van der Waals surface area contributed by atoms with E-state index >= 15 is 0 Å². The molecule has 0 bridgehead atoms. The van der Waals surface area contributed by atoms with E-state index < -0.39 is 0 Å². The Balaban J connectivity index is 1.95. The summed E-state index contributed by atoms with van der Waals surface area (Å²) in [5, 5.41) is 9.02. The highest BCUT2D eigenvalue weighted by Gasteiger charge is 2.36. The third-order valence-electron chi connectivity index (χ3n) is 4.13. The van der Waals surface area contributed by atoms with E-state index in [1.54, 1.807) is 4.68 Å². The van der Waals surface area contributed by atoms with Gasteiger partial charge in [-0.1, -0.05) is 23.0 Å². The molecule has 1 aliphatic heterocycles. The molecular weight excluding hydrogens is 322 g/mol. The molecule has 0 spiro atoms. The summed E-state index contributed by atoms with van der Waals surface area (Å²) < 4.78 is 5.59. The molecule has 0 saturated carbocycles. The Morgan fingerprint density at radius 3 is 2.91 bits per heavy atom. The summed E-state index contributed by atoms with van der Waals surface area (Å²) in [4.78, 5) is 15.4. The quantitative estimate of drug-likeness (QED) is 0.862. The van der Waals surface area contributed by atoms with Gasteiger partial charge in [0, 0.05) is 19.2 Å². The Labute approximate surface area is 138 Å². The SMILES string of the molecule is CCc1nnsc1C(=O)N1CCCC1c1c(C)nn(C)c1Cl. The van der Waals surface area contributed by atoms with Crippen LogP contribution in [-0.2, 0) is 13.5 Å². The van der Waals surface area contributed by atoms with Crippen molar-refractivity contribution in [2.45, 2.75) is 39.2 Å². The zero-order valence-corrected chi connectivity index (χ0v) is 14.4. The maximum Gasteiger partial charge on any atom is 0.268 e. The van der Waals surface area contributed by atoms with E-state index in [-0.39, 0.29) is 11.9 Å². The standard InChI is InChI=1S/C14H18ClN5OS/c1-4-9-12(22-18-16-9)14(21)20-7-5-6-10(20)11-8(2)17-19(3)13(11)15/h10H,4-7H2,1-3H3. The Morgan fingerprint density at radius 1 is 1.50 bits per heavy atom. The molecule has 0 aliphatic carbocycles. The number of halogens is 1. The molecule has 0 N–H and O–H groups in total. The average Bonchev–Trinajstić information content (AvgIpc) is 3.19. The molecule has 8 heteroatoms. The van der Waals surface area contributed by atoms with Crippen molar-refractivity contribution in [1.29, 1.82) is 0 Å². The first-order valence-corrected chi connectivity index (χ1v) is 8.50. The monoisotopic (exact) mass is 339 g/mol. The van der Waals surface area contributed by atoms with Crippen LogP contribution in [0.2, 0.25) is 5.15 Å². The average molecular weight is 340 g/mol. The van der Waals surface area contributed by atoms with Crippen molar-refractivity contribution in [3.63, 3.8) is 0 Å². The lowest BCUT2D eigenvalue weighted by Gasteiger charge is -2.24. The molecule has 3 rings (SSSR count). The van der Waals surface area contributed by atoms with E-state index in [0.717, 1.165) is 36.3 Å². The number of rotatable bonds is 3. The number of nitrogens with zero attached hydrogens (tertiary/aromatic N) is 5. The molecule has 0 aromatic carbocycles. The van der Waals surface area contributed by atoms with Crippen molar-refractivity contribution in [1.82, 2.24) is 24.3 Å². The molecule has 1 unspecified atom stereocenters. The van der Waals surface area contributed by atoms with E-state index in [0.29, 0.717) is 16.5 Å². The van der Waals surface area contributed by atoms with Crippen LogP contribution in [0.1, 0.15) is 52.4 Å². The van der Waals surface area contributed by atoms with Crippen LogP contribution < -0.4 is 0 Å². The van der Waals surface area contributed by atoms with E-state index in [2.05, 4.69) is 14.7 Å². The molecule has 22 heavy (non-hydrogen) atoms. The smallest absolute Gasteiger partial charge is 0.268 e. The summed E-state index contributed by atoms with van der Waals surface area (Å²) in [5.74, 6) is 0.00803. The van der Waals surface area contributed by atoms with Gasteiger partial charge < -0.3 is 4.90 Å². The summed E-state index contributed by atoms with van der Waals surface area (Å²) in [5.41, 5.74) is 2.62. The molecule has 3 heterocycles. The van der Waals surface area contributed by atoms with Crippen molar-refractivity contribution in [3.8, 4) is 0 Å². The minimum atomic E-state index is -0.0134. The van der Waals surface area contributed by atoms with Crippen molar-refractivity contribution >= 4 is 29.0 Å². The molecular formula is C14H18ClN5OS. The minimum absolute atomic E-state index is 0.00803. The topological polar surface area (TPSA) is 63.9 Å². The minimum Gasteiger partial charge on any atom is -0.331 e. The van der Waals surface area contributed by atoms with E-state index in [4.69, 9.17) is 11.6 Å². The maximum atomic E-state index is 12.9. The number of aromatic nitrogens is 4. The van der Waals surface area contributed by atoms with Gasteiger partial charge in [0.1, 0.15) is 10.0 Å². The van der Waals surface area contributed by atoms with Crippen LogP contribution in [0.4, 0.5) is 0 Å². The number of hydrogen-bond acceptors (Lipinski definition) is 5. The zero-order chi connectivity index (χ0) is 15.9. The van der Waals surface area contributed by atoms with E-state index in [9.17, 15) is 4.79 Å². The van der Waals surface area contributed by atoms with E-state index in [1.807, 2.05) is 25.8 Å². The van der Waals surface area contributed by atoms with Crippen LogP contribution in [0.15, 0.2) is 0 Å². The molecule has 2 aromatic heterocycles. The zero-order valence-electron chi connectivity index (χ0n) is 12.8. The number of carbonyl (C=O) groups is 1. The molecule has 0 radical (unpaired) electrons. The highest BCUT2D eigenvalue weighted by atomic mass is 35.5. The highest BCUT2D eigenvalue weighted by Crippen LogP contribution is 2.38. The van der Waals surface area contributed by atoms with Gasteiger partial charge in [0.15, 0.2) is 0 Å². The van der Waals surface area contributed by atoms with Gasteiger partial charge in [0.25, 0.3) is 5.91 Å². The number of carbonyl (C=O) groups excluding carboxylic acids is 1. The summed E-state index contributed by atoms with van der Waals surface area (Å²) in [6.07, 6.45) is 2.59. The molecule has 1 atom stereocenters. The van der Waals surface area contributed by atoms with Gasteiger partial charge in [0.2, 0.25) is 0 Å². The van der Waals surface area contributed by atoms with Gasteiger partial charge >= 0.3 is 0 Å². The number of hydrogen-bond donors (Lipinski definition) is 0. The molecule has 1 amide bonds. The van der Waals surface area contributed by atoms with Gasteiger partial charge in [-0.3, -0.25) is 9.48 Å². The number of aryl methyl sites for hydroxylation is 3. The van der Waals surface area contributed by atoms with Gasteiger partial charge in [-0.2, -0.15) is 5.10 Å². The first-order valence-electron chi connectivity index (χ1n) is 7.35. The second kappa shape index (κ2) is 5.96. The third kappa shape index (κ3) is 2.42. The first-order chi connectivity index (χ1) is 10.5. The number of amides is 1. The molecule has 2 aromatic rings. The lowest BCUT2D eigenvalue weighted by atomic mass is 10.1. The molecule has 1 saturated heterocycles. The van der Waals surface area contributed by atoms with Crippen LogP contribution in [0.5, 0.6) is 0 Å². The fourth-order valence-corrected chi connectivity index (χ4v) is 4.08. The molecule has 6 nitrogen and oxygen atoms in total. The first kappa shape index (κ1) is 15.4. The van der Waals surface area contributed by atoms with E-state index in [1.165, 1.54) is 11.5 Å². The van der Waals surface area contributed by atoms with Crippen LogP contribution >= 0.6 is 23.1 Å². The van der Waals surface area contributed by atoms with Crippen molar-refractivity contribution in [3.05, 3.63) is 27.0 Å². The van der Waals surface area contributed by atoms with Gasteiger partial charge in [0.05, 0.1) is 17.4 Å².